The molecule has 6 heteroatoms. The molecule has 0 bridgehead atoms. The molecule has 0 aromatic heterocycles. The summed E-state index contributed by atoms with van der Waals surface area (Å²) in [7, 11) is 0. The minimum Gasteiger partial charge on any atom is -0.342 e. The molecule has 0 saturated carbocycles. The molecule has 1 aromatic carbocycles. The average molecular weight is 344 g/mol. The van der Waals surface area contributed by atoms with Crippen molar-refractivity contribution in [3.8, 4) is 0 Å². The van der Waals surface area contributed by atoms with Crippen molar-refractivity contribution in [3.63, 3.8) is 0 Å². The first-order valence-electron chi connectivity index (χ1n) is 9.12. The highest BCUT2D eigenvalue weighted by Gasteiger charge is 2.36. The fourth-order valence-electron chi connectivity index (χ4n) is 3.60. The van der Waals surface area contributed by atoms with Crippen LogP contribution in [0, 0.1) is 0 Å². The van der Waals surface area contributed by atoms with Crippen LogP contribution >= 0.6 is 0 Å². The Labute approximate surface area is 149 Å². The van der Waals surface area contributed by atoms with E-state index < -0.39 is 5.54 Å². The molecule has 3 rings (SSSR count). The zero-order valence-corrected chi connectivity index (χ0v) is 15.0. The highest BCUT2D eigenvalue weighted by molar-refractivity contribution is 5.87. The Balaban J connectivity index is 1.53. The first-order chi connectivity index (χ1) is 12.0. The number of hydrogen-bond donors (Lipinski definition) is 1. The second-order valence-corrected chi connectivity index (χ2v) is 7.22. The maximum Gasteiger partial charge on any atom is 0.247 e. The number of nitrogens with two attached hydrogens (primary N) is 1. The van der Waals surface area contributed by atoms with Crippen LogP contribution in [0.15, 0.2) is 30.3 Å². The lowest BCUT2D eigenvalue weighted by Crippen LogP contribution is -2.57. The molecular formula is C19H28N4O2. The van der Waals surface area contributed by atoms with Crippen LogP contribution in [0.2, 0.25) is 0 Å². The predicted molar refractivity (Wildman–Crippen MR) is 96.8 cm³/mol. The monoisotopic (exact) mass is 344 g/mol. The molecular weight excluding hydrogens is 316 g/mol. The van der Waals surface area contributed by atoms with Gasteiger partial charge in [-0.1, -0.05) is 30.3 Å². The van der Waals surface area contributed by atoms with Gasteiger partial charge in [0.25, 0.3) is 0 Å². The third kappa shape index (κ3) is 4.02. The summed E-state index contributed by atoms with van der Waals surface area (Å²) in [5.41, 5.74) is 6.15. The number of hydrogen-bond acceptors (Lipinski definition) is 4. The van der Waals surface area contributed by atoms with E-state index in [1.54, 1.807) is 6.92 Å². The summed E-state index contributed by atoms with van der Waals surface area (Å²) in [4.78, 5) is 31.0. The van der Waals surface area contributed by atoms with E-state index in [-0.39, 0.29) is 11.8 Å². The third-order valence-electron chi connectivity index (χ3n) is 5.29. The lowest BCUT2D eigenvalue weighted by molar-refractivity contribution is -0.139. The lowest BCUT2D eigenvalue weighted by Gasteiger charge is -2.38. The number of likely N-dealkylation sites (tertiary alicyclic amines) is 1. The van der Waals surface area contributed by atoms with Gasteiger partial charge in [-0.05, 0) is 25.3 Å². The van der Waals surface area contributed by atoms with Gasteiger partial charge in [0.05, 0.1) is 6.54 Å². The average Bonchev–Trinajstić information content (AvgIpc) is 3.17. The van der Waals surface area contributed by atoms with E-state index in [0.717, 1.165) is 44.6 Å². The SMILES string of the molecule is CC(N)(C(=O)N1CCN(CC(=O)N2CCCC2)CC1)c1ccccc1. The molecule has 2 amide bonds. The first-order valence-corrected chi connectivity index (χ1v) is 9.12. The zero-order valence-electron chi connectivity index (χ0n) is 15.0. The molecule has 2 fully saturated rings. The third-order valence-corrected chi connectivity index (χ3v) is 5.29. The maximum atomic E-state index is 12.9. The van der Waals surface area contributed by atoms with Crippen molar-refractivity contribution < 1.29 is 9.59 Å². The number of carbonyl (C=O) groups is 2. The van der Waals surface area contributed by atoms with Gasteiger partial charge in [0, 0.05) is 39.3 Å². The van der Waals surface area contributed by atoms with Gasteiger partial charge >= 0.3 is 0 Å². The van der Waals surface area contributed by atoms with Crippen molar-refractivity contribution in [1.82, 2.24) is 14.7 Å². The first kappa shape index (κ1) is 17.9. The molecule has 0 radical (unpaired) electrons. The van der Waals surface area contributed by atoms with Crippen LogP contribution in [-0.4, -0.2) is 72.3 Å². The van der Waals surface area contributed by atoms with E-state index in [1.165, 1.54) is 0 Å². The van der Waals surface area contributed by atoms with E-state index in [1.807, 2.05) is 40.1 Å². The second kappa shape index (κ2) is 7.54. The van der Waals surface area contributed by atoms with Crippen LogP contribution in [0.5, 0.6) is 0 Å². The fraction of sp³-hybridized carbons (Fsp3) is 0.579. The Morgan fingerprint density at radius 3 is 2.16 bits per heavy atom. The highest BCUT2D eigenvalue weighted by atomic mass is 16.2. The van der Waals surface area contributed by atoms with Crippen molar-refractivity contribution in [3.05, 3.63) is 35.9 Å². The van der Waals surface area contributed by atoms with Crippen LogP contribution in [0.3, 0.4) is 0 Å². The number of carbonyl (C=O) groups excluding carboxylic acids is 2. The van der Waals surface area contributed by atoms with Gasteiger partial charge in [-0.15, -0.1) is 0 Å². The molecule has 0 spiro atoms. The molecule has 2 heterocycles. The highest BCUT2D eigenvalue weighted by Crippen LogP contribution is 2.21. The number of nitrogens with zero attached hydrogens (tertiary/aromatic N) is 3. The van der Waals surface area contributed by atoms with Crippen molar-refractivity contribution in [2.75, 3.05) is 45.8 Å². The van der Waals surface area contributed by atoms with Gasteiger partial charge in [-0.25, -0.2) is 0 Å². The zero-order chi connectivity index (χ0) is 17.9. The molecule has 1 aromatic rings. The smallest absolute Gasteiger partial charge is 0.247 e. The largest absolute Gasteiger partial charge is 0.342 e. The Bertz CT molecular complexity index is 603. The van der Waals surface area contributed by atoms with Crippen molar-refractivity contribution in [2.45, 2.75) is 25.3 Å². The van der Waals surface area contributed by atoms with Gasteiger partial charge in [0.2, 0.25) is 11.8 Å². The second-order valence-electron chi connectivity index (χ2n) is 7.22. The van der Waals surface area contributed by atoms with Gasteiger partial charge in [-0.2, -0.15) is 0 Å². The molecule has 6 nitrogen and oxygen atoms in total. The van der Waals surface area contributed by atoms with Gasteiger partial charge in [-0.3, -0.25) is 14.5 Å². The summed E-state index contributed by atoms with van der Waals surface area (Å²) in [6, 6.07) is 9.50. The quantitative estimate of drug-likeness (QED) is 0.870. The lowest BCUT2D eigenvalue weighted by atomic mass is 9.91. The van der Waals surface area contributed by atoms with Crippen LogP contribution in [0.4, 0.5) is 0 Å². The predicted octanol–water partition coefficient (Wildman–Crippen LogP) is 0.627. The van der Waals surface area contributed by atoms with Crippen molar-refractivity contribution >= 4 is 11.8 Å². The molecule has 2 aliphatic rings. The number of benzene rings is 1. The summed E-state index contributed by atoms with van der Waals surface area (Å²) in [5, 5.41) is 0. The molecule has 0 aliphatic carbocycles. The number of rotatable bonds is 4. The number of amides is 2. The topological polar surface area (TPSA) is 69.9 Å². The van der Waals surface area contributed by atoms with Gasteiger partial charge < -0.3 is 15.5 Å². The molecule has 2 saturated heterocycles. The molecule has 136 valence electrons. The van der Waals surface area contributed by atoms with Crippen LogP contribution in [-0.2, 0) is 15.1 Å². The molecule has 1 atom stereocenters. The molecule has 1 unspecified atom stereocenters. The molecule has 2 aliphatic heterocycles. The summed E-state index contributed by atoms with van der Waals surface area (Å²) >= 11 is 0. The summed E-state index contributed by atoms with van der Waals surface area (Å²) in [6.07, 6.45) is 2.23. The van der Waals surface area contributed by atoms with Crippen LogP contribution in [0.25, 0.3) is 0 Å². The Kier molecular flexibility index (Phi) is 5.39. The van der Waals surface area contributed by atoms with E-state index in [9.17, 15) is 9.59 Å². The minimum atomic E-state index is -1.02. The molecule has 25 heavy (non-hydrogen) atoms. The summed E-state index contributed by atoms with van der Waals surface area (Å²) < 4.78 is 0. The van der Waals surface area contributed by atoms with Crippen LogP contribution < -0.4 is 5.73 Å². The normalized spacial score (nSPS) is 21.2. The van der Waals surface area contributed by atoms with Crippen LogP contribution in [0.1, 0.15) is 25.3 Å². The Morgan fingerprint density at radius 2 is 1.56 bits per heavy atom. The Hall–Kier alpha value is -1.92. The maximum absolute atomic E-state index is 12.9. The van der Waals surface area contributed by atoms with E-state index in [4.69, 9.17) is 5.73 Å². The summed E-state index contributed by atoms with van der Waals surface area (Å²) in [5.74, 6) is 0.162. The molecule has 2 N–H and O–H groups in total. The standard InChI is InChI=1S/C19H28N4O2/c1-19(20,16-7-3-2-4-8-16)18(25)23-13-11-21(12-14-23)15-17(24)22-9-5-6-10-22/h2-4,7-8H,5-6,9-15,20H2,1H3. The van der Waals surface area contributed by atoms with E-state index in [2.05, 4.69) is 4.90 Å². The van der Waals surface area contributed by atoms with Gasteiger partial charge in [0.1, 0.15) is 5.54 Å². The summed E-state index contributed by atoms with van der Waals surface area (Å²) in [6.45, 7) is 6.68. The van der Waals surface area contributed by atoms with E-state index >= 15 is 0 Å². The Morgan fingerprint density at radius 1 is 0.960 bits per heavy atom. The number of piperazine rings is 1. The fourth-order valence-corrected chi connectivity index (χ4v) is 3.60. The van der Waals surface area contributed by atoms with Crippen molar-refractivity contribution in [1.29, 1.82) is 0 Å². The van der Waals surface area contributed by atoms with E-state index in [0.29, 0.717) is 19.6 Å². The minimum absolute atomic E-state index is 0.0516. The van der Waals surface area contributed by atoms with Crippen molar-refractivity contribution in [2.24, 2.45) is 5.73 Å². The van der Waals surface area contributed by atoms with Gasteiger partial charge in [0.15, 0.2) is 0 Å².